The molecule has 0 aromatic heterocycles. The lowest BCUT2D eigenvalue weighted by atomic mass is 10.3. The third-order valence-corrected chi connectivity index (χ3v) is 2.67. The average Bonchev–Trinajstić information content (AvgIpc) is 2.48. The largest absolute Gasteiger partial charge is 0.301 e. The second-order valence-corrected chi connectivity index (χ2v) is 3.62. The summed E-state index contributed by atoms with van der Waals surface area (Å²) in [6.45, 7) is 3.06. The second-order valence-electron chi connectivity index (χ2n) is 2.85. The van der Waals surface area contributed by atoms with Crippen molar-refractivity contribution < 1.29 is 0 Å². The quantitative estimate of drug-likeness (QED) is 0.564. The lowest BCUT2D eigenvalue weighted by Gasteiger charge is -2.25. The number of amidine groups is 2. The molecule has 64 valence electrons. The first-order chi connectivity index (χ1) is 5.83. The van der Waals surface area contributed by atoms with Crippen LogP contribution in [0.3, 0.4) is 0 Å². The molecule has 0 aliphatic carbocycles. The molecule has 0 aromatic rings. The fraction of sp³-hybridized carbons (Fsp3) is 0.500. The smallest absolute Gasteiger partial charge is 0.169 e. The van der Waals surface area contributed by atoms with Crippen LogP contribution in [0.15, 0.2) is 22.3 Å². The Morgan fingerprint density at radius 3 is 3.25 bits per heavy atom. The summed E-state index contributed by atoms with van der Waals surface area (Å²) in [6.07, 6.45) is 5.82. The SMILES string of the molecule is CSC1=NC=CC2=NCC(C)N21. The highest BCUT2D eigenvalue weighted by Crippen LogP contribution is 2.19. The van der Waals surface area contributed by atoms with Gasteiger partial charge in [0, 0.05) is 6.20 Å². The van der Waals surface area contributed by atoms with Gasteiger partial charge in [0.15, 0.2) is 5.17 Å². The fourth-order valence-corrected chi connectivity index (χ4v) is 2.05. The maximum absolute atomic E-state index is 4.40. The van der Waals surface area contributed by atoms with Crippen LogP contribution in [0.5, 0.6) is 0 Å². The summed E-state index contributed by atoms with van der Waals surface area (Å²) in [4.78, 5) is 10.9. The van der Waals surface area contributed by atoms with E-state index in [9.17, 15) is 0 Å². The van der Waals surface area contributed by atoms with Crippen molar-refractivity contribution in [2.75, 3.05) is 12.8 Å². The van der Waals surface area contributed by atoms with Crippen LogP contribution >= 0.6 is 11.8 Å². The van der Waals surface area contributed by atoms with Crippen molar-refractivity contribution in [2.24, 2.45) is 9.98 Å². The van der Waals surface area contributed by atoms with Crippen molar-refractivity contribution in [3.63, 3.8) is 0 Å². The summed E-state index contributed by atoms with van der Waals surface area (Å²) in [5.74, 6) is 1.06. The first-order valence-electron chi connectivity index (χ1n) is 3.95. The maximum Gasteiger partial charge on any atom is 0.169 e. The predicted octanol–water partition coefficient (Wildman–Crippen LogP) is 1.34. The Morgan fingerprint density at radius 1 is 1.67 bits per heavy atom. The van der Waals surface area contributed by atoms with Crippen molar-refractivity contribution in [1.82, 2.24) is 4.90 Å². The molecule has 0 fully saturated rings. The van der Waals surface area contributed by atoms with E-state index >= 15 is 0 Å². The molecule has 0 amide bonds. The normalized spacial score (nSPS) is 26.8. The molecule has 0 saturated carbocycles. The van der Waals surface area contributed by atoms with Crippen LogP contribution in [0.2, 0.25) is 0 Å². The number of rotatable bonds is 0. The van der Waals surface area contributed by atoms with Crippen LogP contribution in [0.4, 0.5) is 0 Å². The molecule has 2 heterocycles. The van der Waals surface area contributed by atoms with E-state index in [0.717, 1.165) is 17.5 Å². The monoisotopic (exact) mass is 181 g/mol. The van der Waals surface area contributed by atoms with Gasteiger partial charge in [-0.1, -0.05) is 11.8 Å². The molecule has 12 heavy (non-hydrogen) atoms. The van der Waals surface area contributed by atoms with Crippen LogP contribution in [-0.2, 0) is 0 Å². The molecule has 0 saturated heterocycles. The van der Waals surface area contributed by atoms with Crippen molar-refractivity contribution in [3.05, 3.63) is 12.3 Å². The summed E-state index contributed by atoms with van der Waals surface area (Å²) in [5, 5.41) is 1.06. The minimum Gasteiger partial charge on any atom is -0.301 e. The Kier molecular flexibility index (Phi) is 1.92. The van der Waals surface area contributed by atoms with Crippen molar-refractivity contribution in [2.45, 2.75) is 13.0 Å². The van der Waals surface area contributed by atoms with Crippen LogP contribution in [0.1, 0.15) is 6.92 Å². The highest BCUT2D eigenvalue weighted by atomic mass is 32.2. The summed E-state index contributed by atoms with van der Waals surface area (Å²) in [6, 6.07) is 0.469. The van der Waals surface area contributed by atoms with Gasteiger partial charge in [-0.15, -0.1) is 0 Å². The van der Waals surface area contributed by atoms with Gasteiger partial charge < -0.3 is 4.90 Å². The average molecular weight is 181 g/mol. The van der Waals surface area contributed by atoms with Crippen molar-refractivity contribution >= 4 is 22.8 Å². The highest BCUT2D eigenvalue weighted by Gasteiger charge is 2.27. The number of thioether (sulfide) groups is 1. The Bertz CT molecular complexity index is 280. The zero-order valence-corrected chi connectivity index (χ0v) is 8.01. The molecule has 0 N–H and O–H groups in total. The predicted molar refractivity (Wildman–Crippen MR) is 53.7 cm³/mol. The molecule has 1 unspecified atom stereocenters. The van der Waals surface area contributed by atoms with Crippen LogP contribution in [0, 0.1) is 0 Å². The fourth-order valence-electron chi connectivity index (χ4n) is 1.41. The molecule has 0 aromatic carbocycles. The second kappa shape index (κ2) is 2.94. The standard InChI is InChI=1S/C8H11N3S/c1-6-5-10-7-3-4-9-8(12-2)11(6)7/h3-4,6H,5H2,1-2H3. The van der Waals surface area contributed by atoms with Gasteiger partial charge in [0.1, 0.15) is 5.84 Å². The molecular weight excluding hydrogens is 170 g/mol. The van der Waals surface area contributed by atoms with Crippen molar-refractivity contribution in [1.29, 1.82) is 0 Å². The number of hydrogen-bond acceptors (Lipinski definition) is 4. The Hall–Kier alpha value is -0.770. The summed E-state index contributed by atoms with van der Waals surface area (Å²) in [5.41, 5.74) is 0. The maximum atomic E-state index is 4.40. The molecule has 2 aliphatic heterocycles. The van der Waals surface area contributed by atoms with E-state index in [0.29, 0.717) is 6.04 Å². The summed E-state index contributed by atoms with van der Waals surface area (Å²) >= 11 is 1.67. The van der Waals surface area contributed by atoms with E-state index in [4.69, 9.17) is 0 Å². The van der Waals surface area contributed by atoms with Gasteiger partial charge in [-0.3, -0.25) is 4.99 Å². The zero-order valence-electron chi connectivity index (χ0n) is 7.19. The van der Waals surface area contributed by atoms with Crippen LogP contribution in [-0.4, -0.2) is 34.7 Å². The molecule has 0 spiro atoms. The molecule has 2 rings (SSSR count). The van der Waals surface area contributed by atoms with Gasteiger partial charge >= 0.3 is 0 Å². The van der Waals surface area contributed by atoms with E-state index in [1.807, 2.05) is 18.5 Å². The molecule has 2 aliphatic rings. The van der Waals surface area contributed by atoms with Gasteiger partial charge in [0.05, 0.1) is 12.6 Å². The summed E-state index contributed by atoms with van der Waals surface area (Å²) < 4.78 is 0. The minimum absolute atomic E-state index is 0.469. The van der Waals surface area contributed by atoms with Gasteiger partial charge in [-0.2, -0.15) is 0 Å². The Balaban J connectivity index is 2.32. The molecule has 0 bridgehead atoms. The molecule has 0 radical (unpaired) electrons. The van der Waals surface area contributed by atoms with Gasteiger partial charge in [-0.05, 0) is 19.3 Å². The van der Waals surface area contributed by atoms with Crippen LogP contribution < -0.4 is 0 Å². The molecule has 4 heteroatoms. The Morgan fingerprint density at radius 2 is 2.50 bits per heavy atom. The third-order valence-electron chi connectivity index (χ3n) is 2.00. The van der Waals surface area contributed by atoms with E-state index < -0.39 is 0 Å². The van der Waals surface area contributed by atoms with E-state index in [-0.39, 0.29) is 0 Å². The number of fused-ring (bicyclic) bond motifs is 1. The van der Waals surface area contributed by atoms with Crippen molar-refractivity contribution in [3.8, 4) is 0 Å². The lowest BCUT2D eigenvalue weighted by Crippen LogP contribution is -2.38. The van der Waals surface area contributed by atoms with Gasteiger partial charge in [-0.25, -0.2) is 4.99 Å². The third kappa shape index (κ3) is 1.06. The zero-order chi connectivity index (χ0) is 8.55. The molecular formula is C8H11N3S. The highest BCUT2D eigenvalue weighted by molar-refractivity contribution is 8.13. The van der Waals surface area contributed by atoms with Gasteiger partial charge in [0.25, 0.3) is 0 Å². The van der Waals surface area contributed by atoms with Gasteiger partial charge in [0.2, 0.25) is 0 Å². The topological polar surface area (TPSA) is 28.0 Å². The molecule has 3 nitrogen and oxygen atoms in total. The van der Waals surface area contributed by atoms with E-state index in [1.54, 1.807) is 11.8 Å². The van der Waals surface area contributed by atoms with E-state index in [2.05, 4.69) is 21.8 Å². The first-order valence-corrected chi connectivity index (χ1v) is 5.17. The number of hydrogen-bond donors (Lipinski definition) is 0. The minimum atomic E-state index is 0.469. The van der Waals surface area contributed by atoms with E-state index in [1.165, 1.54) is 0 Å². The first kappa shape index (κ1) is 7.86. The molecule has 1 atom stereocenters. The lowest BCUT2D eigenvalue weighted by molar-refractivity contribution is 0.521. The number of nitrogens with zero attached hydrogens (tertiary/aromatic N) is 3. The van der Waals surface area contributed by atoms with Crippen LogP contribution in [0.25, 0.3) is 0 Å². The number of aliphatic imine (C=N–C) groups is 2. The Labute approximate surface area is 76.3 Å². The summed E-state index contributed by atoms with van der Waals surface area (Å²) in [7, 11) is 0.